The maximum atomic E-state index is 13.6. The fourth-order valence-electron chi connectivity index (χ4n) is 8.97. The number of ether oxygens (including phenoxy) is 13. The number of carbonyl (C=O) groups is 6. The molecule has 2 aliphatic rings. The van der Waals surface area contributed by atoms with Crippen LogP contribution in [0.15, 0.2) is 0 Å². The van der Waals surface area contributed by atoms with Gasteiger partial charge in [-0.05, 0) is 60.0 Å². The van der Waals surface area contributed by atoms with Gasteiger partial charge >= 0.3 is 35.8 Å². The molecule has 0 aromatic rings. The van der Waals surface area contributed by atoms with Crippen molar-refractivity contribution in [1.29, 1.82) is 0 Å². The maximum absolute atomic E-state index is 13.6. The first kappa shape index (κ1) is 61.5. The predicted octanol–water partition coefficient (Wildman–Crippen LogP) is 2.76. The molecule has 2 heterocycles. The summed E-state index contributed by atoms with van der Waals surface area (Å²) in [6, 6.07) is -0.860. The number of rotatable bonds is 29. The molecule has 2 saturated heterocycles. The van der Waals surface area contributed by atoms with E-state index in [0.717, 1.165) is 0 Å². The maximum Gasteiger partial charge on any atom is 0.309 e. The lowest BCUT2D eigenvalue weighted by atomic mass is 9.82. The third-order valence-corrected chi connectivity index (χ3v) is 12.2. The van der Waals surface area contributed by atoms with Gasteiger partial charge in [0, 0.05) is 80.8 Å². The van der Waals surface area contributed by atoms with Crippen LogP contribution in [0.5, 0.6) is 0 Å². The minimum absolute atomic E-state index is 0.0444. The fourth-order valence-corrected chi connectivity index (χ4v) is 8.97. The lowest BCUT2D eigenvalue weighted by Gasteiger charge is -2.51. The molecular formula is C47H81NO21. The molecular weight excluding hydrogens is 915 g/mol. The molecule has 69 heavy (non-hydrogen) atoms. The van der Waals surface area contributed by atoms with E-state index in [9.17, 15) is 39.0 Å². The number of nitrogens with zero attached hydrogens (tertiary/aromatic N) is 1. The van der Waals surface area contributed by atoms with Crippen molar-refractivity contribution < 1.29 is 101 Å². The van der Waals surface area contributed by atoms with Crippen molar-refractivity contribution in [3.63, 3.8) is 0 Å². The SMILES string of the molecule is CCC(=O)OC1C(C)OC(OC2C(C)OC(O[C@H](C(OC)[C@H](CC(=O)O[C@H](C)CCO)OC(=O)CC)[C@@H](CC(OC)OC)C[C@@H](C)[C@H](CO)OC(C)=O)C(OC(C)=O)C2N(C)C)CC1(C)OC(C)=O. The Kier molecular flexibility index (Phi) is 26.5. The number of aliphatic hydroxyl groups is 2. The van der Waals surface area contributed by atoms with Gasteiger partial charge in [-0.2, -0.15) is 0 Å². The van der Waals surface area contributed by atoms with Crippen LogP contribution < -0.4 is 0 Å². The Labute approximate surface area is 406 Å². The van der Waals surface area contributed by atoms with E-state index in [-0.39, 0.29) is 45.1 Å². The minimum Gasteiger partial charge on any atom is -0.462 e. The molecule has 10 unspecified atom stereocenters. The van der Waals surface area contributed by atoms with Crippen molar-refractivity contribution in [1.82, 2.24) is 4.90 Å². The van der Waals surface area contributed by atoms with Crippen LogP contribution in [0.25, 0.3) is 0 Å². The molecule has 0 saturated carbocycles. The van der Waals surface area contributed by atoms with Gasteiger partial charge in [-0.3, -0.25) is 28.8 Å². The van der Waals surface area contributed by atoms with Gasteiger partial charge in [0.05, 0.1) is 37.4 Å². The van der Waals surface area contributed by atoms with Gasteiger partial charge in [0.25, 0.3) is 0 Å². The van der Waals surface area contributed by atoms with E-state index < -0.39 is 152 Å². The molecule has 2 rings (SSSR count). The fraction of sp³-hybridized carbons (Fsp3) is 0.872. The second-order valence-electron chi connectivity index (χ2n) is 18.1. The zero-order valence-electron chi connectivity index (χ0n) is 43.2. The molecule has 400 valence electrons. The molecule has 0 radical (unpaired) electrons. The topological polar surface area (TPSA) is 266 Å². The van der Waals surface area contributed by atoms with Gasteiger partial charge in [0.1, 0.15) is 30.5 Å². The third kappa shape index (κ3) is 18.8. The van der Waals surface area contributed by atoms with Crippen molar-refractivity contribution >= 4 is 35.8 Å². The van der Waals surface area contributed by atoms with E-state index >= 15 is 0 Å². The molecule has 0 bridgehead atoms. The second kappa shape index (κ2) is 29.7. The van der Waals surface area contributed by atoms with E-state index in [4.69, 9.17) is 61.6 Å². The van der Waals surface area contributed by atoms with Crippen LogP contribution in [-0.2, 0) is 90.3 Å². The van der Waals surface area contributed by atoms with Gasteiger partial charge in [-0.25, -0.2) is 0 Å². The van der Waals surface area contributed by atoms with Crippen LogP contribution in [0.4, 0.5) is 0 Å². The second-order valence-corrected chi connectivity index (χ2v) is 18.1. The molecule has 22 heteroatoms. The average molecular weight is 996 g/mol. The summed E-state index contributed by atoms with van der Waals surface area (Å²) < 4.78 is 78.7. The third-order valence-electron chi connectivity index (χ3n) is 12.2. The molecule has 2 N–H and O–H groups in total. The highest BCUT2D eigenvalue weighted by Crippen LogP contribution is 2.40. The molecule has 0 aliphatic carbocycles. The van der Waals surface area contributed by atoms with Crippen LogP contribution in [0.2, 0.25) is 0 Å². The van der Waals surface area contributed by atoms with E-state index in [0.29, 0.717) is 0 Å². The molecule has 2 fully saturated rings. The highest BCUT2D eigenvalue weighted by molar-refractivity contribution is 5.73. The van der Waals surface area contributed by atoms with Gasteiger partial charge in [-0.1, -0.05) is 20.8 Å². The zero-order chi connectivity index (χ0) is 52.3. The molecule has 16 atom stereocenters. The van der Waals surface area contributed by atoms with Gasteiger partial charge in [-0.15, -0.1) is 0 Å². The van der Waals surface area contributed by atoms with Crippen LogP contribution >= 0.6 is 0 Å². The van der Waals surface area contributed by atoms with Crippen LogP contribution in [0, 0.1) is 11.8 Å². The predicted molar refractivity (Wildman–Crippen MR) is 242 cm³/mol. The summed E-state index contributed by atoms with van der Waals surface area (Å²) in [4.78, 5) is 78.7. The highest BCUT2D eigenvalue weighted by Gasteiger charge is 2.56. The number of likely N-dealkylation sites (N-methyl/N-ethyl adjacent to an activating group) is 1. The summed E-state index contributed by atoms with van der Waals surface area (Å²) in [6.07, 6.45) is -14.3. The monoisotopic (exact) mass is 996 g/mol. The quantitative estimate of drug-likeness (QED) is 0.0620. The number of aliphatic hydroxyl groups excluding tert-OH is 2. The minimum atomic E-state index is -1.45. The zero-order valence-corrected chi connectivity index (χ0v) is 43.2. The number of hydrogen-bond donors (Lipinski definition) is 2. The molecule has 0 aromatic heterocycles. The van der Waals surface area contributed by atoms with Crippen LogP contribution in [-0.4, -0.2) is 191 Å². The number of esters is 6. The normalized spacial score (nSPS) is 28.0. The average Bonchev–Trinajstić information content (AvgIpc) is 3.25. The highest BCUT2D eigenvalue weighted by atomic mass is 16.7. The van der Waals surface area contributed by atoms with E-state index in [1.165, 1.54) is 42.1 Å². The molecule has 0 aromatic carbocycles. The Bertz CT molecular complexity index is 1610. The van der Waals surface area contributed by atoms with E-state index in [2.05, 4.69) is 0 Å². The summed E-state index contributed by atoms with van der Waals surface area (Å²) in [5, 5.41) is 19.9. The van der Waals surface area contributed by atoms with Gasteiger partial charge in [0.2, 0.25) is 0 Å². The number of carbonyl (C=O) groups excluding carboxylic acids is 6. The summed E-state index contributed by atoms with van der Waals surface area (Å²) in [7, 11) is 7.65. The lowest BCUT2D eigenvalue weighted by Crippen LogP contribution is -2.67. The van der Waals surface area contributed by atoms with Crippen LogP contribution in [0.3, 0.4) is 0 Å². The van der Waals surface area contributed by atoms with Crippen molar-refractivity contribution in [3.8, 4) is 0 Å². The standard InChI is InChI=1S/C47H81NO21/c1-16-35(54)65-33(22-37(56)60-26(4)18-19-49)43(59-15)42(32(21-38(57-13)58-14)20-25(3)34(24-50)63-29(7)51)68-46-44(64-30(8)52)40(48(11)12)41(27(5)62-46)67-39-23-47(10,69-31(9)53)45(28(6)61-39)66-36(55)17-2/h25-28,32-34,38-46,49-50H,16-24H2,1-15H3/t25-,26-,27?,28?,32-,33+,34+,39?,40?,41?,42+,43?,44?,45?,46?,47?/m1/s1. The summed E-state index contributed by atoms with van der Waals surface area (Å²) in [6.45, 7) is 14.5. The Hall–Kier alpha value is -3.58. The van der Waals surface area contributed by atoms with Crippen molar-refractivity contribution in [2.24, 2.45) is 11.8 Å². The molecule has 2 aliphatic heterocycles. The summed E-state index contributed by atoms with van der Waals surface area (Å²) in [5.41, 5.74) is -1.38. The van der Waals surface area contributed by atoms with E-state index in [1.807, 2.05) is 0 Å². The summed E-state index contributed by atoms with van der Waals surface area (Å²) in [5.74, 6) is -5.30. The van der Waals surface area contributed by atoms with Gasteiger partial charge < -0.3 is 76.7 Å². The van der Waals surface area contributed by atoms with Crippen LogP contribution in [0.1, 0.15) is 114 Å². The van der Waals surface area contributed by atoms with E-state index in [1.54, 1.807) is 67.5 Å². The molecule has 0 amide bonds. The molecule has 22 nitrogen and oxygen atoms in total. The largest absolute Gasteiger partial charge is 0.462 e. The smallest absolute Gasteiger partial charge is 0.309 e. The first-order chi connectivity index (χ1) is 32.4. The number of methoxy groups -OCH3 is 3. The first-order valence-electron chi connectivity index (χ1n) is 23.6. The Morgan fingerprint density at radius 1 is 0.739 bits per heavy atom. The Balaban J connectivity index is 2.87. The molecule has 0 spiro atoms. The Morgan fingerprint density at radius 3 is 1.88 bits per heavy atom. The van der Waals surface area contributed by atoms with Crippen molar-refractivity contribution in [3.05, 3.63) is 0 Å². The first-order valence-corrected chi connectivity index (χ1v) is 23.6. The van der Waals surface area contributed by atoms with Crippen molar-refractivity contribution in [2.45, 2.75) is 206 Å². The Morgan fingerprint density at radius 2 is 1.38 bits per heavy atom. The van der Waals surface area contributed by atoms with Crippen molar-refractivity contribution in [2.75, 3.05) is 48.6 Å². The number of hydrogen-bond acceptors (Lipinski definition) is 22. The summed E-state index contributed by atoms with van der Waals surface area (Å²) >= 11 is 0. The lowest BCUT2D eigenvalue weighted by molar-refractivity contribution is -0.346. The van der Waals surface area contributed by atoms with Gasteiger partial charge in [0.15, 0.2) is 36.7 Å².